The Morgan fingerprint density at radius 2 is 1.43 bits per heavy atom. The summed E-state index contributed by atoms with van der Waals surface area (Å²) < 4.78 is 0. The van der Waals surface area contributed by atoms with Crippen molar-refractivity contribution >= 4 is 17.7 Å². The molecule has 176 valence electrons. The van der Waals surface area contributed by atoms with Crippen molar-refractivity contribution in [1.82, 2.24) is 36.4 Å². The van der Waals surface area contributed by atoms with Gasteiger partial charge in [0.1, 0.15) is 6.04 Å². The first-order valence-electron chi connectivity index (χ1n) is 10.9. The summed E-state index contributed by atoms with van der Waals surface area (Å²) in [6, 6.07) is 24.1. The number of hydrogen-bond acceptors (Lipinski definition) is 6. The van der Waals surface area contributed by atoms with Gasteiger partial charge in [0.05, 0.1) is 6.54 Å². The fourth-order valence-electron chi connectivity index (χ4n) is 3.17. The highest BCUT2D eigenvalue weighted by Crippen LogP contribution is 2.12. The molecule has 10 heteroatoms. The van der Waals surface area contributed by atoms with E-state index < -0.39 is 17.9 Å². The van der Waals surface area contributed by atoms with Gasteiger partial charge in [-0.2, -0.15) is 4.80 Å². The number of carbonyl (C=O) groups excluding carboxylic acids is 3. The molecule has 0 bridgehead atoms. The summed E-state index contributed by atoms with van der Waals surface area (Å²) in [7, 11) is 0. The number of nitrogens with one attached hydrogen (secondary N) is 3. The van der Waals surface area contributed by atoms with Crippen molar-refractivity contribution in [3.05, 3.63) is 102 Å². The minimum Gasteiger partial charge on any atom is -0.340 e. The van der Waals surface area contributed by atoms with Gasteiger partial charge in [-0.05, 0) is 42.0 Å². The minimum atomic E-state index is -0.846. The van der Waals surface area contributed by atoms with Gasteiger partial charge in [0.2, 0.25) is 5.82 Å². The number of rotatable bonds is 7. The number of benzene rings is 3. The fraction of sp³-hybridized carbons (Fsp3) is 0.120. The van der Waals surface area contributed by atoms with E-state index >= 15 is 0 Å². The van der Waals surface area contributed by atoms with Gasteiger partial charge in [-0.25, -0.2) is 0 Å². The summed E-state index contributed by atoms with van der Waals surface area (Å²) >= 11 is 0. The van der Waals surface area contributed by atoms with Crippen LogP contribution in [0.2, 0.25) is 0 Å². The molecule has 0 aliphatic heterocycles. The van der Waals surface area contributed by atoms with E-state index in [1.807, 2.05) is 30.3 Å². The quantitative estimate of drug-likeness (QED) is 0.355. The number of carbonyl (C=O) groups is 3. The topological polar surface area (TPSA) is 131 Å². The summed E-state index contributed by atoms with van der Waals surface area (Å²) in [5, 5.41) is 15.1. The second-order valence-electron chi connectivity index (χ2n) is 7.71. The lowest BCUT2D eigenvalue weighted by atomic mass is 10.1. The number of amides is 3. The lowest BCUT2D eigenvalue weighted by Gasteiger charge is -2.14. The molecular formula is C25H23N7O3. The SMILES string of the molecule is C[C@H](NC(=O)c1ccccc1)C(=O)NNC(=O)c1ccc(Cn2nnc(-c3ccccc3)n2)cc1. The minimum absolute atomic E-state index is 0.353. The van der Waals surface area contributed by atoms with Crippen molar-refractivity contribution in [2.45, 2.75) is 19.5 Å². The zero-order chi connectivity index (χ0) is 24.6. The van der Waals surface area contributed by atoms with Gasteiger partial charge in [0.15, 0.2) is 0 Å². The van der Waals surface area contributed by atoms with Crippen LogP contribution in [0.4, 0.5) is 0 Å². The fourth-order valence-corrected chi connectivity index (χ4v) is 3.17. The Bertz CT molecular complexity index is 1310. The number of hydrogen-bond donors (Lipinski definition) is 3. The van der Waals surface area contributed by atoms with Crippen molar-refractivity contribution in [3.63, 3.8) is 0 Å². The molecule has 0 saturated carbocycles. The molecule has 0 fully saturated rings. The van der Waals surface area contributed by atoms with Crippen LogP contribution in [0.15, 0.2) is 84.9 Å². The van der Waals surface area contributed by atoms with Crippen LogP contribution in [0.1, 0.15) is 33.2 Å². The van der Waals surface area contributed by atoms with Gasteiger partial charge in [-0.15, -0.1) is 10.2 Å². The molecular weight excluding hydrogens is 446 g/mol. The van der Waals surface area contributed by atoms with E-state index in [9.17, 15) is 14.4 Å². The van der Waals surface area contributed by atoms with Crippen LogP contribution in [-0.4, -0.2) is 44.0 Å². The molecule has 0 unspecified atom stereocenters. The Balaban J connectivity index is 1.27. The van der Waals surface area contributed by atoms with Gasteiger partial charge >= 0.3 is 0 Å². The zero-order valence-electron chi connectivity index (χ0n) is 18.9. The number of hydrazine groups is 1. The van der Waals surface area contributed by atoms with Gasteiger partial charge in [-0.3, -0.25) is 25.2 Å². The molecule has 1 atom stereocenters. The maximum absolute atomic E-state index is 12.4. The highest BCUT2D eigenvalue weighted by Gasteiger charge is 2.17. The van der Waals surface area contributed by atoms with Gasteiger partial charge < -0.3 is 5.32 Å². The normalized spacial score (nSPS) is 11.3. The van der Waals surface area contributed by atoms with E-state index in [4.69, 9.17) is 0 Å². The molecule has 3 N–H and O–H groups in total. The van der Waals surface area contributed by atoms with Crippen LogP contribution >= 0.6 is 0 Å². The van der Waals surface area contributed by atoms with Crippen LogP contribution in [0.5, 0.6) is 0 Å². The lowest BCUT2D eigenvalue weighted by Crippen LogP contribution is -2.51. The highest BCUT2D eigenvalue weighted by atomic mass is 16.2. The van der Waals surface area contributed by atoms with Crippen LogP contribution in [0, 0.1) is 0 Å². The molecule has 0 radical (unpaired) electrons. The van der Waals surface area contributed by atoms with Gasteiger partial charge in [0.25, 0.3) is 17.7 Å². The number of aromatic nitrogens is 4. The first-order valence-corrected chi connectivity index (χ1v) is 10.9. The smallest absolute Gasteiger partial charge is 0.269 e. The maximum atomic E-state index is 12.4. The molecule has 3 aromatic carbocycles. The summed E-state index contributed by atoms with van der Waals surface area (Å²) in [5.74, 6) is -0.887. The predicted molar refractivity (Wildman–Crippen MR) is 128 cm³/mol. The van der Waals surface area contributed by atoms with Crippen molar-refractivity contribution in [2.24, 2.45) is 0 Å². The Morgan fingerprint density at radius 3 is 2.11 bits per heavy atom. The lowest BCUT2D eigenvalue weighted by molar-refractivity contribution is -0.123. The molecule has 0 saturated heterocycles. The molecule has 35 heavy (non-hydrogen) atoms. The van der Waals surface area contributed by atoms with Crippen molar-refractivity contribution in [2.75, 3.05) is 0 Å². The Morgan fingerprint density at radius 1 is 0.800 bits per heavy atom. The van der Waals surface area contributed by atoms with E-state index in [-0.39, 0.29) is 5.91 Å². The monoisotopic (exact) mass is 469 g/mol. The van der Waals surface area contributed by atoms with E-state index in [2.05, 4.69) is 31.6 Å². The van der Waals surface area contributed by atoms with Gasteiger partial charge in [-0.1, -0.05) is 60.7 Å². The summed E-state index contributed by atoms with van der Waals surface area (Å²) in [6.07, 6.45) is 0. The standard InChI is InChI=1S/C25H23N7O3/c1-17(26-24(34)20-10-6-3-7-11-20)23(33)28-29-25(35)21-14-12-18(13-15-21)16-32-30-22(27-31-32)19-8-4-2-5-9-19/h2-15,17H,16H2,1H3,(H,26,34)(H,28,33)(H,29,35)/t17-/m0/s1. The van der Waals surface area contributed by atoms with Gasteiger partial charge in [0, 0.05) is 16.7 Å². The molecule has 1 heterocycles. The molecule has 4 rings (SSSR count). The zero-order valence-corrected chi connectivity index (χ0v) is 18.9. The Labute approximate surface area is 201 Å². The molecule has 0 spiro atoms. The van der Waals surface area contributed by atoms with Crippen LogP contribution in [-0.2, 0) is 11.3 Å². The highest BCUT2D eigenvalue weighted by molar-refractivity contribution is 5.98. The summed E-state index contributed by atoms with van der Waals surface area (Å²) in [6.45, 7) is 1.91. The summed E-state index contributed by atoms with van der Waals surface area (Å²) in [5.41, 5.74) is 7.22. The van der Waals surface area contributed by atoms with E-state index in [1.54, 1.807) is 54.6 Å². The first-order chi connectivity index (χ1) is 17.0. The average molecular weight is 470 g/mol. The molecule has 0 aliphatic rings. The van der Waals surface area contributed by atoms with Crippen molar-refractivity contribution < 1.29 is 14.4 Å². The van der Waals surface area contributed by atoms with Crippen LogP contribution < -0.4 is 16.2 Å². The first kappa shape index (κ1) is 23.3. The maximum Gasteiger partial charge on any atom is 0.269 e. The Hall–Kier alpha value is -4.86. The third-order valence-corrected chi connectivity index (χ3v) is 5.10. The van der Waals surface area contributed by atoms with E-state index in [0.717, 1.165) is 11.1 Å². The third-order valence-electron chi connectivity index (χ3n) is 5.10. The van der Waals surface area contributed by atoms with E-state index in [1.165, 1.54) is 11.7 Å². The molecule has 4 aromatic rings. The third kappa shape index (κ3) is 6.14. The number of tetrazole rings is 1. The van der Waals surface area contributed by atoms with Crippen LogP contribution in [0.3, 0.4) is 0 Å². The van der Waals surface area contributed by atoms with Crippen LogP contribution in [0.25, 0.3) is 11.4 Å². The van der Waals surface area contributed by atoms with E-state index in [0.29, 0.717) is 23.5 Å². The Kier molecular flexibility index (Phi) is 7.22. The summed E-state index contributed by atoms with van der Waals surface area (Å²) in [4.78, 5) is 38.3. The average Bonchev–Trinajstić information content (AvgIpc) is 3.37. The molecule has 10 nitrogen and oxygen atoms in total. The second-order valence-corrected chi connectivity index (χ2v) is 7.71. The molecule has 1 aromatic heterocycles. The predicted octanol–water partition coefficient (Wildman–Crippen LogP) is 1.97. The molecule has 3 amide bonds. The van der Waals surface area contributed by atoms with Crippen molar-refractivity contribution in [1.29, 1.82) is 0 Å². The largest absolute Gasteiger partial charge is 0.340 e. The molecule has 0 aliphatic carbocycles. The number of nitrogens with zero attached hydrogens (tertiary/aromatic N) is 4. The van der Waals surface area contributed by atoms with Crippen molar-refractivity contribution in [3.8, 4) is 11.4 Å². The second kappa shape index (κ2) is 10.8.